The van der Waals surface area contributed by atoms with Crippen LogP contribution < -0.4 is 0 Å². The third-order valence-corrected chi connectivity index (χ3v) is 11.9. The van der Waals surface area contributed by atoms with E-state index in [1.807, 2.05) is 0 Å². The molecule has 0 N–H and O–H groups in total. The lowest BCUT2D eigenvalue weighted by Crippen LogP contribution is -2.05. The van der Waals surface area contributed by atoms with Gasteiger partial charge in [0, 0.05) is 6.42 Å². The van der Waals surface area contributed by atoms with Gasteiger partial charge in [0.2, 0.25) is 0 Å². The molecule has 0 aromatic heterocycles. The topological polar surface area (TPSA) is 26.3 Å². The fourth-order valence-corrected chi connectivity index (χ4v) is 8.08. The first-order chi connectivity index (χ1) is 26.8. The predicted octanol–water partition coefficient (Wildman–Crippen LogP) is 19.1. The SMILES string of the molecule is CCCCCCCC/C=C\CCCCCCCC(=O)OCCCCCCCCCCCCCCCCCCCCCCCCCCCCCCCCCC. The summed E-state index contributed by atoms with van der Waals surface area (Å²) in [6.45, 7) is 5.22. The molecule has 54 heavy (non-hydrogen) atoms. The lowest BCUT2D eigenvalue weighted by Gasteiger charge is -2.06. The van der Waals surface area contributed by atoms with Crippen LogP contribution in [0.4, 0.5) is 0 Å². The van der Waals surface area contributed by atoms with Gasteiger partial charge < -0.3 is 4.74 Å². The molecule has 0 aliphatic heterocycles. The van der Waals surface area contributed by atoms with Crippen LogP contribution in [0.15, 0.2) is 12.2 Å². The molecule has 0 saturated heterocycles. The van der Waals surface area contributed by atoms with Crippen LogP contribution in [0.2, 0.25) is 0 Å². The van der Waals surface area contributed by atoms with Crippen LogP contribution in [0.5, 0.6) is 0 Å². The highest BCUT2D eigenvalue weighted by Crippen LogP contribution is 2.17. The van der Waals surface area contributed by atoms with E-state index in [0.29, 0.717) is 13.0 Å². The Kier molecular flexibility index (Phi) is 49.5. The highest BCUT2D eigenvalue weighted by molar-refractivity contribution is 5.69. The van der Waals surface area contributed by atoms with E-state index >= 15 is 0 Å². The van der Waals surface area contributed by atoms with Crippen molar-refractivity contribution in [2.75, 3.05) is 6.61 Å². The molecule has 322 valence electrons. The van der Waals surface area contributed by atoms with Gasteiger partial charge in [-0.15, -0.1) is 0 Å². The van der Waals surface area contributed by atoms with Crippen LogP contribution in [0, 0.1) is 0 Å². The van der Waals surface area contributed by atoms with E-state index in [9.17, 15) is 4.79 Å². The molecular formula is C52H102O2. The number of esters is 1. The van der Waals surface area contributed by atoms with Gasteiger partial charge in [-0.2, -0.15) is 0 Å². The van der Waals surface area contributed by atoms with E-state index in [2.05, 4.69) is 26.0 Å². The van der Waals surface area contributed by atoms with Crippen LogP contribution in [0.3, 0.4) is 0 Å². The first kappa shape index (κ1) is 53.2. The summed E-state index contributed by atoms with van der Waals surface area (Å²) in [7, 11) is 0. The molecule has 0 aromatic rings. The fraction of sp³-hybridized carbons (Fsp3) is 0.942. The third kappa shape index (κ3) is 49.2. The second-order valence-corrected chi connectivity index (χ2v) is 17.5. The maximum atomic E-state index is 12.0. The second kappa shape index (κ2) is 50.2. The molecule has 0 aliphatic rings. The molecule has 0 atom stereocenters. The minimum absolute atomic E-state index is 0.0216. The molecule has 2 nitrogen and oxygen atoms in total. The van der Waals surface area contributed by atoms with Gasteiger partial charge >= 0.3 is 5.97 Å². The Labute approximate surface area is 342 Å². The Morgan fingerprint density at radius 1 is 0.296 bits per heavy atom. The first-order valence-corrected chi connectivity index (χ1v) is 25.6. The molecule has 0 heterocycles. The van der Waals surface area contributed by atoms with Crippen LogP contribution in [-0.2, 0) is 9.53 Å². The van der Waals surface area contributed by atoms with Crippen LogP contribution in [0.1, 0.15) is 309 Å². The highest BCUT2D eigenvalue weighted by Gasteiger charge is 2.03. The monoisotopic (exact) mass is 759 g/mol. The Morgan fingerprint density at radius 2 is 0.519 bits per heavy atom. The molecule has 0 bridgehead atoms. The van der Waals surface area contributed by atoms with Crippen LogP contribution >= 0.6 is 0 Å². The zero-order valence-electron chi connectivity index (χ0n) is 37.7. The summed E-state index contributed by atoms with van der Waals surface area (Å²) in [4.78, 5) is 12.0. The van der Waals surface area contributed by atoms with Gasteiger partial charge in [0.1, 0.15) is 0 Å². The average molecular weight is 759 g/mol. The smallest absolute Gasteiger partial charge is 0.305 e. The van der Waals surface area contributed by atoms with Crippen molar-refractivity contribution in [2.45, 2.75) is 309 Å². The Hall–Kier alpha value is -0.790. The molecular weight excluding hydrogens is 657 g/mol. The summed E-state index contributed by atoms with van der Waals surface area (Å²) in [6, 6.07) is 0. The summed E-state index contributed by atoms with van der Waals surface area (Å²) in [5.41, 5.74) is 0. The van der Waals surface area contributed by atoms with Gasteiger partial charge in [-0.05, 0) is 38.5 Å². The maximum Gasteiger partial charge on any atom is 0.305 e. The molecule has 0 rings (SSSR count). The molecule has 0 aliphatic carbocycles. The number of carbonyl (C=O) groups excluding carboxylic acids is 1. The van der Waals surface area contributed by atoms with Gasteiger partial charge in [0.15, 0.2) is 0 Å². The number of carbonyl (C=O) groups is 1. The molecule has 0 saturated carbocycles. The fourth-order valence-electron chi connectivity index (χ4n) is 8.08. The summed E-state index contributed by atoms with van der Waals surface area (Å²) < 4.78 is 5.48. The van der Waals surface area contributed by atoms with Crippen molar-refractivity contribution in [1.82, 2.24) is 0 Å². The number of allylic oxidation sites excluding steroid dienone is 2. The third-order valence-electron chi connectivity index (χ3n) is 11.9. The summed E-state index contributed by atoms with van der Waals surface area (Å²) in [5, 5.41) is 0. The summed E-state index contributed by atoms with van der Waals surface area (Å²) in [5.74, 6) is 0.0216. The highest BCUT2D eigenvalue weighted by atomic mass is 16.5. The van der Waals surface area contributed by atoms with Gasteiger partial charge in [-0.1, -0.05) is 276 Å². The van der Waals surface area contributed by atoms with E-state index < -0.39 is 0 Å². The molecule has 0 aromatic carbocycles. The lowest BCUT2D eigenvalue weighted by atomic mass is 10.0. The molecule has 0 spiro atoms. The molecule has 2 heteroatoms. The number of hydrogen-bond donors (Lipinski definition) is 0. The number of rotatable bonds is 48. The first-order valence-electron chi connectivity index (χ1n) is 25.6. The largest absolute Gasteiger partial charge is 0.466 e. The number of unbranched alkanes of at least 4 members (excludes halogenated alkanes) is 42. The molecule has 0 amide bonds. The number of hydrogen-bond acceptors (Lipinski definition) is 2. The van der Waals surface area contributed by atoms with Crippen molar-refractivity contribution < 1.29 is 9.53 Å². The van der Waals surface area contributed by atoms with E-state index in [1.54, 1.807) is 0 Å². The Bertz CT molecular complexity index is 698. The van der Waals surface area contributed by atoms with Gasteiger partial charge in [-0.3, -0.25) is 4.79 Å². The number of ether oxygens (including phenoxy) is 1. The van der Waals surface area contributed by atoms with Crippen LogP contribution in [-0.4, -0.2) is 12.6 Å². The van der Waals surface area contributed by atoms with Crippen molar-refractivity contribution in [3.63, 3.8) is 0 Å². The quantitative estimate of drug-likeness (QED) is 0.0351. The van der Waals surface area contributed by atoms with Crippen LogP contribution in [0.25, 0.3) is 0 Å². The summed E-state index contributed by atoms with van der Waals surface area (Å²) >= 11 is 0. The maximum absolute atomic E-state index is 12.0. The molecule has 0 radical (unpaired) electrons. The normalized spacial score (nSPS) is 11.7. The average Bonchev–Trinajstić information content (AvgIpc) is 3.18. The van der Waals surface area contributed by atoms with Gasteiger partial charge in [-0.25, -0.2) is 0 Å². The predicted molar refractivity (Wildman–Crippen MR) is 244 cm³/mol. The van der Waals surface area contributed by atoms with Crippen molar-refractivity contribution >= 4 is 5.97 Å². The van der Waals surface area contributed by atoms with Gasteiger partial charge in [0.05, 0.1) is 6.61 Å². The van der Waals surface area contributed by atoms with E-state index in [4.69, 9.17) is 4.74 Å². The van der Waals surface area contributed by atoms with Crippen molar-refractivity contribution in [3.05, 3.63) is 12.2 Å². The van der Waals surface area contributed by atoms with Crippen molar-refractivity contribution in [1.29, 1.82) is 0 Å². The Morgan fingerprint density at radius 3 is 0.796 bits per heavy atom. The van der Waals surface area contributed by atoms with E-state index in [0.717, 1.165) is 19.3 Å². The zero-order valence-corrected chi connectivity index (χ0v) is 37.7. The minimum Gasteiger partial charge on any atom is -0.466 e. The standard InChI is InChI=1S/C52H102O2/c1-3-5-7-9-11-13-15-17-19-20-21-22-23-24-25-26-27-28-29-30-31-32-33-34-35-37-39-41-43-45-47-49-51-54-52(53)50-48-46-44-42-40-38-36-18-16-14-12-10-8-6-4-2/h18,36H,3-17,19-35,37-51H2,1-2H3/b36-18-. The second-order valence-electron chi connectivity index (χ2n) is 17.5. The van der Waals surface area contributed by atoms with Crippen molar-refractivity contribution in [3.8, 4) is 0 Å². The Balaban J connectivity index is 3.15. The molecule has 0 unspecified atom stereocenters. The van der Waals surface area contributed by atoms with Crippen molar-refractivity contribution in [2.24, 2.45) is 0 Å². The minimum atomic E-state index is 0.0216. The lowest BCUT2D eigenvalue weighted by molar-refractivity contribution is -0.143. The molecule has 0 fully saturated rings. The summed E-state index contributed by atoms with van der Waals surface area (Å²) in [6.07, 6.45) is 67.9. The zero-order chi connectivity index (χ0) is 38.9. The van der Waals surface area contributed by atoms with E-state index in [1.165, 1.54) is 270 Å². The van der Waals surface area contributed by atoms with Gasteiger partial charge in [0.25, 0.3) is 0 Å². The van der Waals surface area contributed by atoms with E-state index in [-0.39, 0.29) is 5.97 Å².